The molecular formula is C18H25N5O2S. The Balaban J connectivity index is 2.04. The van der Waals surface area contributed by atoms with Gasteiger partial charge in [-0.3, -0.25) is 9.59 Å². The standard InChI is InChI=1S/C18H25N5O2S/c1-6-7-15(24)19-14-10-8-13(9-11-14)16(25)12(2)26-17-20-21-22-23(17)18(3,4)5/h8-12H,6-7H2,1-5H3,(H,19,24). The number of nitrogens with zero attached hydrogens (tertiary/aromatic N) is 4. The number of ketones is 1. The average molecular weight is 375 g/mol. The van der Waals surface area contributed by atoms with E-state index in [-0.39, 0.29) is 22.5 Å². The normalized spacial score (nSPS) is 12.7. The number of aromatic nitrogens is 4. The van der Waals surface area contributed by atoms with Crippen molar-refractivity contribution in [2.75, 3.05) is 5.32 Å². The highest BCUT2D eigenvalue weighted by molar-refractivity contribution is 8.00. The van der Waals surface area contributed by atoms with E-state index in [1.807, 2.05) is 34.6 Å². The van der Waals surface area contributed by atoms with Crippen molar-refractivity contribution in [3.63, 3.8) is 0 Å². The maximum atomic E-state index is 12.7. The van der Waals surface area contributed by atoms with Crippen LogP contribution in [0.25, 0.3) is 0 Å². The lowest BCUT2D eigenvalue weighted by molar-refractivity contribution is -0.116. The second-order valence-corrected chi connectivity index (χ2v) is 8.35. The first-order chi connectivity index (χ1) is 12.2. The lowest BCUT2D eigenvalue weighted by Crippen LogP contribution is -2.25. The topological polar surface area (TPSA) is 89.8 Å². The summed E-state index contributed by atoms with van der Waals surface area (Å²) in [5, 5.41) is 14.9. The maximum absolute atomic E-state index is 12.7. The number of carbonyl (C=O) groups excluding carboxylic acids is 2. The Morgan fingerprint density at radius 3 is 2.46 bits per heavy atom. The molecule has 1 N–H and O–H groups in total. The molecule has 0 fully saturated rings. The first-order valence-corrected chi connectivity index (χ1v) is 9.50. The van der Waals surface area contributed by atoms with Gasteiger partial charge in [0.05, 0.1) is 10.8 Å². The molecule has 2 aromatic rings. The van der Waals surface area contributed by atoms with E-state index in [9.17, 15) is 9.59 Å². The third-order valence-electron chi connectivity index (χ3n) is 3.66. The van der Waals surface area contributed by atoms with Gasteiger partial charge in [0, 0.05) is 17.7 Å². The molecule has 1 unspecified atom stereocenters. The van der Waals surface area contributed by atoms with Crippen LogP contribution in [0.4, 0.5) is 5.69 Å². The van der Waals surface area contributed by atoms with Gasteiger partial charge >= 0.3 is 0 Å². The van der Waals surface area contributed by atoms with Crippen LogP contribution in [0.3, 0.4) is 0 Å². The van der Waals surface area contributed by atoms with E-state index in [1.165, 1.54) is 11.8 Å². The highest BCUT2D eigenvalue weighted by atomic mass is 32.2. The molecule has 0 radical (unpaired) electrons. The first kappa shape index (κ1) is 20.1. The van der Waals surface area contributed by atoms with Crippen LogP contribution in [0.1, 0.15) is 57.8 Å². The zero-order valence-corrected chi connectivity index (χ0v) is 16.6. The number of thioether (sulfide) groups is 1. The Hall–Kier alpha value is -2.22. The Labute approximate surface area is 157 Å². The van der Waals surface area contributed by atoms with Crippen molar-refractivity contribution >= 4 is 29.1 Å². The van der Waals surface area contributed by atoms with E-state index in [1.54, 1.807) is 28.9 Å². The minimum Gasteiger partial charge on any atom is -0.326 e. The molecule has 1 aromatic carbocycles. The molecule has 0 aliphatic carbocycles. The van der Waals surface area contributed by atoms with Gasteiger partial charge in [-0.15, -0.1) is 5.10 Å². The quantitative estimate of drug-likeness (QED) is 0.588. The number of hydrogen-bond donors (Lipinski definition) is 1. The van der Waals surface area contributed by atoms with Crippen LogP contribution >= 0.6 is 11.8 Å². The van der Waals surface area contributed by atoms with Crippen LogP contribution < -0.4 is 5.32 Å². The monoisotopic (exact) mass is 375 g/mol. The second-order valence-electron chi connectivity index (χ2n) is 7.04. The van der Waals surface area contributed by atoms with E-state index in [0.29, 0.717) is 22.8 Å². The molecule has 1 heterocycles. The lowest BCUT2D eigenvalue weighted by atomic mass is 10.1. The fourth-order valence-electron chi connectivity index (χ4n) is 2.29. The van der Waals surface area contributed by atoms with Gasteiger partial charge < -0.3 is 5.32 Å². The number of amides is 1. The van der Waals surface area contributed by atoms with Gasteiger partial charge in [0.1, 0.15) is 0 Å². The van der Waals surface area contributed by atoms with E-state index < -0.39 is 0 Å². The molecule has 0 saturated carbocycles. The van der Waals surface area contributed by atoms with E-state index in [0.717, 1.165) is 6.42 Å². The van der Waals surface area contributed by atoms with Crippen LogP contribution in [0.2, 0.25) is 0 Å². The molecule has 2 rings (SSSR count). The molecular weight excluding hydrogens is 350 g/mol. The Kier molecular flexibility index (Phi) is 6.52. The van der Waals surface area contributed by atoms with Gasteiger partial charge in [0.2, 0.25) is 11.1 Å². The SMILES string of the molecule is CCCC(=O)Nc1ccc(C(=O)C(C)Sc2nnnn2C(C)(C)C)cc1. The third-order valence-corrected chi connectivity index (χ3v) is 4.69. The lowest BCUT2D eigenvalue weighted by Gasteiger charge is -2.20. The zero-order valence-electron chi connectivity index (χ0n) is 15.8. The van der Waals surface area contributed by atoms with Crippen LogP contribution in [-0.4, -0.2) is 37.1 Å². The molecule has 0 bridgehead atoms. The van der Waals surface area contributed by atoms with Gasteiger partial charge in [-0.1, -0.05) is 18.7 Å². The summed E-state index contributed by atoms with van der Waals surface area (Å²) in [6.07, 6.45) is 1.28. The molecule has 0 aliphatic heterocycles. The predicted octanol–water partition coefficient (Wildman–Crippen LogP) is 3.53. The maximum Gasteiger partial charge on any atom is 0.224 e. The number of benzene rings is 1. The number of tetrazole rings is 1. The molecule has 1 amide bonds. The molecule has 0 saturated heterocycles. The van der Waals surface area contributed by atoms with Crippen LogP contribution in [-0.2, 0) is 10.3 Å². The summed E-state index contributed by atoms with van der Waals surface area (Å²) in [4.78, 5) is 24.3. The smallest absolute Gasteiger partial charge is 0.224 e. The van der Waals surface area contributed by atoms with Crippen molar-refractivity contribution in [1.29, 1.82) is 0 Å². The summed E-state index contributed by atoms with van der Waals surface area (Å²) in [6.45, 7) is 9.81. The van der Waals surface area contributed by atoms with Crippen LogP contribution in [0, 0.1) is 0 Å². The molecule has 7 nitrogen and oxygen atoms in total. The molecule has 1 atom stereocenters. The van der Waals surface area contributed by atoms with E-state index >= 15 is 0 Å². The number of nitrogens with one attached hydrogen (secondary N) is 1. The van der Waals surface area contributed by atoms with E-state index in [2.05, 4.69) is 20.8 Å². The highest BCUT2D eigenvalue weighted by Gasteiger charge is 2.24. The van der Waals surface area contributed by atoms with Crippen molar-refractivity contribution in [1.82, 2.24) is 20.2 Å². The molecule has 26 heavy (non-hydrogen) atoms. The molecule has 140 valence electrons. The minimum absolute atomic E-state index is 0.00936. The van der Waals surface area contributed by atoms with Crippen LogP contribution in [0.5, 0.6) is 0 Å². The average Bonchev–Trinajstić information content (AvgIpc) is 3.03. The summed E-state index contributed by atoms with van der Waals surface area (Å²) in [7, 11) is 0. The fourth-order valence-corrected chi connectivity index (χ4v) is 3.34. The van der Waals surface area contributed by atoms with Crippen molar-refractivity contribution in [2.45, 2.75) is 63.4 Å². The number of anilines is 1. The number of hydrogen-bond acceptors (Lipinski definition) is 6. The van der Waals surface area contributed by atoms with Crippen molar-refractivity contribution in [2.24, 2.45) is 0 Å². The van der Waals surface area contributed by atoms with Gasteiger partial charge in [-0.2, -0.15) is 0 Å². The second kappa shape index (κ2) is 8.44. The summed E-state index contributed by atoms with van der Waals surface area (Å²) in [6, 6.07) is 6.95. The van der Waals surface area contributed by atoms with Gasteiger partial charge in [-0.05, 0) is 68.8 Å². The van der Waals surface area contributed by atoms with E-state index in [4.69, 9.17) is 0 Å². The third kappa shape index (κ3) is 5.14. The molecule has 0 spiro atoms. The Morgan fingerprint density at radius 2 is 1.88 bits per heavy atom. The number of Topliss-reactive ketones (excluding diaryl/α,β-unsaturated/α-hetero) is 1. The summed E-state index contributed by atoms with van der Waals surface area (Å²) in [5.74, 6) is -0.0330. The Morgan fingerprint density at radius 1 is 1.23 bits per heavy atom. The predicted molar refractivity (Wildman–Crippen MR) is 102 cm³/mol. The largest absolute Gasteiger partial charge is 0.326 e. The highest BCUT2D eigenvalue weighted by Crippen LogP contribution is 2.27. The van der Waals surface area contributed by atoms with Crippen molar-refractivity contribution < 1.29 is 9.59 Å². The van der Waals surface area contributed by atoms with Gasteiger partial charge in [0.15, 0.2) is 5.78 Å². The fraction of sp³-hybridized carbons (Fsp3) is 0.500. The Bertz CT molecular complexity index is 765. The van der Waals surface area contributed by atoms with Crippen molar-refractivity contribution in [3.05, 3.63) is 29.8 Å². The summed E-state index contributed by atoms with van der Waals surface area (Å²) < 4.78 is 1.72. The molecule has 0 aliphatic rings. The first-order valence-electron chi connectivity index (χ1n) is 8.62. The van der Waals surface area contributed by atoms with Crippen LogP contribution in [0.15, 0.2) is 29.4 Å². The number of carbonyl (C=O) groups is 2. The summed E-state index contributed by atoms with van der Waals surface area (Å²) >= 11 is 1.34. The number of rotatable bonds is 7. The molecule has 1 aromatic heterocycles. The summed E-state index contributed by atoms with van der Waals surface area (Å²) in [5.41, 5.74) is 1.03. The van der Waals surface area contributed by atoms with Crippen molar-refractivity contribution in [3.8, 4) is 0 Å². The molecule has 8 heteroatoms. The van der Waals surface area contributed by atoms with Gasteiger partial charge in [-0.25, -0.2) is 4.68 Å². The zero-order chi connectivity index (χ0) is 19.3. The van der Waals surface area contributed by atoms with Gasteiger partial charge in [0.25, 0.3) is 0 Å². The minimum atomic E-state index is -0.331.